The quantitative estimate of drug-likeness (QED) is 0.647. The summed E-state index contributed by atoms with van der Waals surface area (Å²) in [6, 6.07) is 7.05. The summed E-state index contributed by atoms with van der Waals surface area (Å²) in [6.45, 7) is 2.74. The Kier molecular flexibility index (Phi) is 6.43. The third-order valence-electron chi connectivity index (χ3n) is 4.67. The molecule has 8 heteroatoms. The van der Waals surface area contributed by atoms with Gasteiger partial charge in [0.15, 0.2) is 0 Å². The molecule has 0 spiro atoms. The second-order valence-corrected chi connectivity index (χ2v) is 7.50. The predicted octanol–water partition coefficient (Wildman–Crippen LogP) is 2.36. The molecule has 7 nitrogen and oxygen atoms in total. The van der Waals surface area contributed by atoms with Gasteiger partial charge in [-0.25, -0.2) is 0 Å². The van der Waals surface area contributed by atoms with Crippen molar-refractivity contribution < 1.29 is 19.5 Å². The van der Waals surface area contributed by atoms with Gasteiger partial charge < -0.3 is 20.6 Å². The van der Waals surface area contributed by atoms with Gasteiger partial charge in [-0.15, -0.1) is 0 Å². The van der Waals surface area contributed by atoms with Gasteiger partial charge in [0, 0.05) is 30.9 Å². The van der Waals surface area contributed by atoms with Crippen LogP contribution in [-0.2, 0) is 14.4 Å². The van der Waals surface area contributed by atoms with E-state index in [1.54, 1.807) is 17.0 Å². The molecule has 1 fully saturated rings. The lowest BCUT2D eigenvalue weighted by Crippen LogP contribution is -2.36. The van der Waals surface area contributed by atoms with Crippen LogP contribution in [0, 0.1) is 6.92 Å². The normalized spacial score (nSPS) is 14.8. The van der Waals surface area contributed by atoms with Crippen LogP contribution < -0.4 is 15.5 Å². The van der Waals surface area contributed by atoms with Gasteiger partial charge in [-0.3, -0.25) is 14.4 Å². The maximum Gasteiger partial charge on any atom is 0.313 e. The zero-order valence-electron chi connectivity index (χ0n) is 15.6. The van der Waals surface area contributed by atoms with Crippen LogP contribution in [0.2, 0.25) is 0 Å². The highest BCUT2D eigenvalue weighted by Gasteiger charge is 2.23. The first-order valence-corrected chi connectivity index (χ1v) is 10.1. The number of carbonyl (C=O) groups excluding carboxylic acids is 3. The molecule has 2 aromatic rings. The second kappa shape index (κ2) is 8.99. The molecular weight excluding hydrogens is 378 g/mol. The minimum Gasteiger partial charge on any atom is -0.388 e. The smallest absolute Gasteiger partial charge is 0.313 e. The number of aliphatic hydroxyl groups excluding tert-OH is 1. The SMILES string of the molecule is Cc1ccc(NC(=O)C(=O)NCCC(O)c2ccsc2)cc1N1CCCC1=O. The van der Waals surface area contributed by atoms with E-state index in [0.29, 0.717) is 25.1 Å². The molecule has 3 N–H and O–H groups in total. The Morgan fingerprint density at radius 2 is 2.11 bits per heavy atom. The summed E-state index contributed by atoms with van der Waals surface area (Å²) in [6.07, 6.45) is 0.985. The molecule has 1 saturated heterocycles. The Morgan fingerprint density at radius 1 is 1.29 bits per heavy atom. The van der Waals surface area contributed by atoms with Crippen molar-refractivity contribution in [1.82, 2.24) is 5.32 Å². The van der Waals surface area contributed by atoms with Gasteiger partial charge in [0.05, 0.1) is 6.10 Å². The van der Waals surface area contributed by atoms with E-state index in [4.69, 9.17) is 0 Å². The third kappa shape index (κ3) is 4.76. The number of amides is 3. The molecule has 1 aromatic heterocycles. The molecule has 0 radical (unpaired) electrons. The van der Waals surface area contributed by atoms with Crippen LogP contribution in [-0.4, -0.2) is 35.9 Å². The number of aryl methyl sites for hydroxylation is 1. The minimum absolute atomic E-state index is 0.0634. The van der Waals surface area contributed by atoms with Gasteiger partial charge in [-0.2, -0.15) is 11.3 Å². The molecular formula is C20H23N3O4S. The molecule has 3 amide bonds. The fourth-order valence-corrected chi connectivity index (χ4v) is 3.81. The zero-order chi connectivity index (χ0) is 20.1. The van der Waals surface area contributed by atoms with E-state index in [1.165, 1.54) is 11.3 Å². The second-order valence-electron chi connectivity index (χ2n) is 6.72. The first-order chi connectivity index (χ1) is 13.5. The number of hydrogen-bond donors (Lipinski definition) is 3. The Balaban J connectivity index is 1.53. The van der Waals surface area contributed by atoms with Crippen molar-refractivity contribution in [2.45, 2.75) is 32.3 Å². The number of nitrogens with zero attached hydrogens (tertiary/aromatic N) is 1. The fraction of sp³-hybridized carbons (Fsp3) is 0.350. The van der Waals surface area contributed by atoms with Gasteiger partial charge in [0.25, 0.3) is 0 Å². The highest BCUT2D eigenvalue weighted by molar-refractivity contribution is 7.07. The summed E-state index contributed by atoms with van der Waals surface area (Å²) in [5.41, 5.74) is 2.94. The molecule has 1 aliphatic heterocycles. The summed E-state index contributed by atoms with van der Waals surface area (Å²) in [5, 5.41) is 18.8. The molecule has 1 unspecified atom stereocenters. The monoisotopic (exact) mass is 401 g/mol. The highest BCUT2D eigenvalue weighted by Crippen LogP contribution is 2.28. The van der Waals surface area contributed by atoms with E-state index < -0.39 is 17.9 Å². The van der Waals surface area contributed by atoms with Crippen LogP contribution in [0.4, 0.5) is 11.4 Å². The van der Waals surface area contributed by atoms with Crippen LogP contribution >= 0.6 is 11.3 Å². The molecule has 0 aliphatic carbocycles. The number of thiophene rings is 1. The maximum atomic E-state index is 12.1. The largest absolute Gasteiger partial charge is 0.388 e. The van der Waals surface area contributed by atoms with Gasteiger partial charge >= 0.3 is 11.8 Å². The van der Waals surface area contributed by atoms with Crippen LogP contribution in [0.15, 0.2) is 35.0 Å². The Hall–Kier alpha value is -2.71. The lowest BCUT2D eigenvalue weighted by Gasteiger charge is -2.19. The number of carbonyl (C=O) groups is 3. The molecule has 0 bridgehead atoms. The van der Waals surface area contributed by atoms with Crippen molar-refractivity contribution in [1.29, 1.82) is 0 Å². The van der Waals surface area contributed by atoms with E-state index in [-0.39, 0.29) is 12.5 Å². The highest BCUT2D eigenvalue weighted by atomic mass is 32.1. The van der Waals surface area contributed by atoms with Crippen molar-refractivity contribution >= 4 is 40.4 Å². The van der Waals surface area contributed by atoms with Crippen LogP contribution in [0.3, 0.4) is 0 Å². The topological polar surface area (TPSA) is 98.7 Å². The first kappa shape index (κ1) is 20.0. The Morgan fingerprint density at radius 3 is 2.79 bits per heavy atom. The van der Waals surface area contributed by atoms with Crippen LogP contribution in [0.5, 0.6) is 0 Å². The predicted molar refractivity (Wildman–Crippen MR) is 108 cm³/mol. The van der Waals surface area contributed by atoms with Crippen molar-refractivity contribution in [3.63, 3.8) is 0 Å². The molecule has 2 heterocycles. The molecule has 28 heavy (non-hydrogen) atoms. The van der Waals surface area contributed by atoms with Gasteiger partial charge in [-0.05, 0) is 59.9 Å². The zero-order valence-corrected chi connectivity index (χ0v) is 16.4. The standard InChI is InChI=1S/C20H23N3O4S/c1-13-4-5-15(11-16(13)23-9-2-3-18(23)25)22-20(27)19(26)21-8-6-17(24)14-7-10-28-12-14/h4-5,7,10-12,17,24H,2-3,6,8-9H2,1H3,(H,21,26)(H,22,27). The lowest BCUT2D eigenvalue weighted by molar-refractivity contribution is -0.136. The summed E-state index contributed by atoms with van der Waals surface area (Å²) in [7, 11) is 0. The van der Waals surface area contributed by atoms with Crippen LogP contribution in [0.25, 0.3) is 0 Å². The summed E-state index contributed by atoms with van der Waals surface area (Å²) in [4.78, 5) is 37.8. The van der Waals surface area contributed by atoms with Crippen molar-refractivity contribution in [2.24, 2.45) is 0 Å². The first-order valence-electron chi connectivity index (χ1n) is 9.16. The molecule has 1 atom stereocenters. The maximum absolute atomic E-state index is 12.1. The fourth-order valence-electron chi connectivity index (χ4n) is 3.10. The minimum atomic E-state index is -0.785. The Labute approximate surface area is 167 Å². The number of anilines is 2. The van der Waals surface area contributed by atoms with E-state index in [9.17, 15) is 19.5 Å². The van der Waals surface area contributed by atoms with E-state index in [0.717, 1.165) is 23.2 Å². The molecule has 1 aliphatic rings. The molecule has 0 saturated carbocycles. The number of nitrogens with one attached hydrogen (secondary N) is 2. The number of rotatable bonds is 6. The number of aliphatic hydroxyl groups is 1. The third-order valence-corrected chi connectivity index (χ3v) is 5.37. The molecule has 148 valence electrons. The van der Waals surface area contributed by atoms with Crippen LogP contribution in [0.1, 0.15) is 36.5 Å². The lowest BCUT2D eigenvalue weighted by atomic mass is 10.1. The summed E-state index contributed by atoms with van der Waals surface area (Å²) in [5.74, 6) is -1.49. The molecule has 3 rings (SSSR count). The van der Waals surface area contributed by atoms with E-state index >= 15 is 0 Å². The van der Waals surface area contributed by atoms with E-state index in [1.807, 2.05) is 29.8 Å². The van der Waals surface area contributed by atoms with Gasteiger partial charge in [-0.1, -0.05) is 6.07 Å². The number of hydrogen-bond acceptors (Lipinski definition) is 5. The number of benzene rings is 1. The average Bonchev–Trinajstić information content (AvgIpc) is 3.35. The van der Waals surface area contributed by atoms with E-state index in [2.05, 4.69) is 10.6 Å². The van der Waals surface area contributed by atoms with Crippen molar-refractivity contribution in [2.75, 3.05) is 23.3 Å². The Bertz CT molecular complexity index is 866. The van der Waals surface area contributed by atoms with Crippen molar-refractivity contribution in [3.8, 4) is 0 Å². The molecule has 1 aromatic carbocycles. The summed E-state index contributed by atoms with van der Waals surface area (Å²) >= 11 is 1.49. The summed E-state index contributed by atoms with van der Waals surface area (Å²) < 4.78 is 0. The van der Waals surface area contributed by atoms with Gasteiger partial charge in [0.2, 0.25) is 5.91 Å². The van der Waals surface area contributed by atoms with Crippen molar-refractivity contribution in [3.05, 3.63) is 46.2 Å². The average molecular weight is 401 g/mol. The van der Waals surface area contributed by atoms with Gasteiger partial charge in [0.1, 0.15) is 0 Å².